The number of benzene rings is 1. The lowest BCUT2D eigenvalue weighted by molar-refractivity contribution is 0.0645. The second kappa shape index (κ2) is 9.84. The summed E-state index contributed by atoms with van der Waals surface area (Å²) < 4.78 is 17.3. The summed E-state index contributed by atoms with van der Waals surface area (Å²) in [6.07, 6.45) is 7.65. The minimum absolute atomic E-state index is 0.0880. The first-order chi connectivity index (χ1) is 16.6. The van der Waals surface area contributed by atoms with Crippen molar-refractivity contribution in [3.8, 4) is 17.2 Å². The van der Waals surface area contributed by atoms with E-state index in [2.05, 4.69) is 20.3 Å². The second-order valence-corrected chi connectivity index (χ2v) is 7.97. The van der Waals surface area contributed by atoms with Crippen molar-refractivity contribution >= 4 is 17.6 Å². The van der Waals surface area contributed by atoms with Crippen molar-refractivity contribution in [3.05, 3.63) is 66.4 Å². The minimum Gasteiger partial charge on any atom is -0.488 e. The fourth-order valence-corrected chi connectivity index (χ4v) is 3.56. The number of aromatic nitrogens is 3. The molecule has 2 aromatic heterocycles. The average molecular weight is 461 g/mol. The molecule has 1 N–H and O–H groups in total. The van der Waals surface area contributed by atoms with Crippen molar-refractivity contribution < 1.29 is 23.8 Å². The number of carbonyl (C=O) groups is 2. The molecule has 2 amide bonds. The molecule has 10 nitrogen and oxygen atoms in total. The van der Waals surface area contributed by atoms with E-state index in [4.69, 9.17) is 14.2 Å². The van der Waals surface area contributed by atoms with Crippen molar-refractivity contribution in [2.45, 2.75) is 18.9 Å². The van der Waals surface area contributed by atoms with Gasteiger partial charge in [0.15, 0.2) is 5.82 Å². The molecule has 0 saturated carbocycles. The van der Waals surface area contributed by atoms with Crippen molar-refractivity contribution in [3.63, 3.8) is 0 Å². The molecule has 2 aliphatic rings. The van der Waals surface area contributed by atoms with Crippen LogP contribution in [0, 0.1) is 0 Å². The maximum Gasteiger partial charge on any atom is 0.272 e. The minimum atomic E-state index is -0.382. The van der Waals surface area contributed by atoms with Gasteiger partial charge in [-0.15, -0.1) is 0 Å². The maximum absolute atomic E-state index is 12.9. The number of nitrogens with one attached hydrogen (secondary N) is 1. The first kappa shape index (κ1) is 21.8. The van der Waals surface area contributed by atoms with Crippen LogP contribution in [0.15, 0.2) is 55.1 Å². The Kier molecular flexibility index (Phi) is 6.30. The highest BCUT2D eigenvalue weighted by Crippen LogP contribution is 2.29. The SMILES string of the molecule is O=C(Nc1cnccn1)c1cc(Oc2ccc(C(=O)N3CCC3)nc2)cc(OC2CCOC2)c1. The molecular weight excluding hydrogens is 438 g/mol. The van der Waals surface area contributed by atoms with E-state index in [1.54, 1.807) is 35.2 Å². The van der Waals surface area contributed by atoms with E-state index in [0.717, 1.165) is 25.9 Å². The van der Waals surface area contributed by atoms with Gasteiger partial charge in [-0.3, -0.25) is 14.6 Å². The van der Waals surface area contributed by atoms with Crippen LogP contribution in [0.2, 0.25) is 0 Å². The van der Waals surface area contributed by atoms with Gasteiger partial charge in [-0.25, -0.2) is 9.97 Å². The normalized spacial score (nSPS) is 17.1. The van der Waals surface area contributed by atoms with Crippen LogP contribution in [0.3, 0.4) is 0 Å². The Morgan fingerprint density at radius 1 is 1.03 bits per heavy atom. The third-order valence-electron chi connectivity index (χ3n) is 5.47. The standard InChI is InChI=1S/C24H23N5O5/c30-23(28-22-14-25-5-6-26-22)16-10-19(12-20(11-16)34-18-4-9-32-15-18)33-17-2-3-21(27-13-17)24(31)29-7-1-8-29/h2-3,5-6,10-14,18H,1,4,7-9,15H2,(H,26,28,30). The van der Waals surface area contributed by atoms with Crippen LogP contribution in [0.4, 0.5) is 5.82 Å². The van der Waals surface area contributed by atoms with E-state index in [9.17, 15) is 9.59 Å². The first-order valence-electron chi connectivity index (χ1n) is 11.0. The molecule has 2 saturated heterocycles. The molecule has 174 valence electrons. The fourth-order valence-electron chi connectivity index (χ4n) is 3.56. The Labute approximate surface area is 195 Å². The number of hydrogen-bond acceptors (Lipinski definition) is 8. The number of likely N-dealkylation sites (tertiary alicyclic amines) is 1. The molecule has 1 atom stereocenters. The summed E-state index contributed by atoms with van der Waals surface area (Å²) in [6, 6.07) is 8.26. The quantitative estimate of drug-likeness (QED) is 0.571. The number of pyridine rings is 1. The van der Waals surface area contributed by atoms with Gasteiger partial charge in [0.2, 0.25) is 0 Å². The first-order valence-corrected chi connectivity index (χ1v) is 11.0. The van der Waals surface area contributed by atoms with E-state index >= 15 is 0 Å². The smallest absolute Gasteiger partial charge is 0.272 e. The van der Waals surface area contributed by atoms with Crippen LogP contribution in [0.5, 0.6) is 17.2 Å². The lowest BCUT2D eigenvalue weighted by Gasteiger charge is -2.30. The Balaban J connectivity index is 1.35. The largest absolute Gasteiger partial charge is 0.488 e. The van der Waals surface area contributed by atoms with Crippen molar-refractivity contribution in [1.29, 1.82) is 0 Å². The number of ether oxygens (including phenoxy) is 3. The molecule has 2 fully saturated rings. The van der Waals surface area contributed by atoms with Gasteiger partial charge in [-0.2, -0.15) is 0 Å². The predicted molar refractivity (Wildman–Crippen MR) is 121 cm³/mol. The monoisotopic (exact) mass is 461 g/mol. The van der Waals surface area contributed by atoms with Gasteiger partial charge in [0.25, 0.3) is 11.8 Å². The fraction of sp³-hybridized carbons (Fsp3) is 0.292. The van der Waals surface area contributed by atoms with E-state index in [-0.39, 0.29) is 17.9 Å². The summed E-state index contributed by atoms with van der Waals surface area (Å²) >= 11 is 0. The zero-order chi connectivity index (χ0) is 23.3. The molecule has 0 bridgehead atoms. The number of amides is 2. The molecule has 1 aromatic carbocycles. The molecule has 0 spiro atoms. The van der Waals surface area contributed by atoms with Gasteiger partial charge in [0, 0.05) is 43.5 Å². The molecule has 10 heteroatoms. The summed E-state index contributed by atoms with van der Waals surface area (Å²) in [6.45, 7) is 2.64. The van der Waals surface area contributed by atoms with E-state index < -0.39 is 0 Å². The van der Waals surface area contributed by atoms with Crippen LogP contribution in [0.25, 0.3) is 0 Å². The number of carbonyl (C=O) groups excluding carboxylic acids is 2. The summed E-state index contributed by atoms with van der Waals surface area (Å²) in [5.41, 5.74) is 0.698. The lowest BCUT2D eigenvalue weighted by atomic mass is 10.1. The second-order valence-electron chi connectivity index (χ2n) is 7.97. The van der Waals surface area contributed by atoms with Crippen LogP contribution in [-0.4, -0.2) is 64.1 Å². The summed E-state index contributed by atoms with van der Waals surface area (Å²) in [4.78, 5) is 39.2. The van der Waals surface area contributed by atoms with Gasteiger partial charge in [-0.05, 0) is 30.7 Å². The number of rotatable bonds is 7. The molecule has 34 heavy (non-hydrogen) atoms. The zero-order valence-electron chi connectivity index (χ0n) is 18.3. The molecule has 2 aliphatic heterocycles. The van der Waals surface area contributed by atoms with Crippen LogP contribution >= 0.6 is 0 Å². The Hall–Kier alpha value is -4.05. The van der Waals surface area contributed by atoms with Gasteiger partial charge >= 0.3 is 0 Å². The summed E-state index contributed by atoms with van der Waals surface area (Å²) in [5, 5.41) is 2.71. The number of anilines is 1. The Bertz CT molecular complexity index is 1160. The molecular formula is C24H23N5O5. The van der Waals surface area contributed by atoms with Crippen molar-refractivity contribution in [2.75, 3.05) is 31.6 Å². The highest BCUT2D eigenvalue weighted by Gasteiger charge is 2.23. The Morgan fingerprint density at radius 2 is 1.91 bits per heavy atom. The number of hydrogen-bond donors (Lipinski definition) is 1. The molecule has 0 radical (unpaired) electrons. The highest BCUT2D eigenvalue weighted by atomic mass is 16.5. The van der Waals surface area contributed by atoms with Crippen LogP contribution < -0.4 is 14.8 Å². The van der Waals surface area contributed by atoms with Crippen LogP contribution in [0.1, 0.15) is 33.7 Å². The van der Waals surface area contributed by atoms with Gasteiger partial charge < -0.3 is 24.4 Å². The van der Waals surface area contributed by atoms with Gasteiger partial charge in [-0.1, -0.05) is 0 Å². The molecule has 1 unspecified atom stereocenters. The van der Waals surface area contributed by atoms with Crippen molar-refractivity contribution in [2.24, 2.45) is 0 Å². The molecule has 3 aromatic rings. The lowest BCUT2D eigenvalue weighted by Crippen LogP contribution is -2.42. The number of nitrogens with zero attached hydrogens (tertiary/aromatic N) is 4. The molecule has 0 aliphatic carbocycles. The average Bonchev–Trinajstić information content (AvgIpc) is 3.32. The van der Waals surface area contributed by atoms with E-state index in [0.29, 0.717) is 47.5 Å². The zero-order valence-corrected chi connectivity index (χ0v) is 18.3. The van der Waals surface area contributed by atoms with E-state index in [1.165, 1.54) is 24.8 Å². The summed E-state index contributed by atoms with van der Waals surface area (Å²) in [5.74, 6) is 1.17. The third kappa shape index (κ3) is 5.12. The summed E-state index contributed by atoms with van der Waals surface area (Å²) in [7, 11) is 0. The van der Waals surface area contributed by atoms with Gasteiger partial charge in [0.1, 0.15) is 29.0 Å². The van der Waals surface area contributed by atoms with Crippen molar-refractivity contribution in [1.82, 2.24) is 19.9 Å². The van der Waals surface area contributed by atoms with Gasteiger partial charge in [0.05, 0.1) is 25.6 Å². The molecule has 4 heterocycles. The highest BCUT2D eigenvalue weighted by molar-refractivity contribution is 6.04. The Morgan fingerprint density at radius 3 is 2.59 bits per heavy atom. The maximum atomic E-state index is 12.9. The molecule has 5 rings (SSSR count). The predicted octanol–water partition coefficient (Wildman–Crippen LogP) is 2.93. The third-order valence-corrected chi connectivity index (χ3v) is 5.47. The topological polar surface area (TPSA) is 116 Å². The van der Waals surface area contributed by atoms with Crippen LogP contribution in [-0.2, 0) is 4.74 Å². The van der Waals surface area contributed by atoms with E-state index in [1.807, 2.05) is 0 Å².